The summed E-state index contributed by atoms with van der Waals surface area (Å²) < 4.78 is 8.81. The van der Waals surface area contributed by atoms with Crippen molar-refractivity contribution in [2.75, 3.05) is 0 Å². The van der Waals surface area contributed by atoms with Crippen LogP contribution in [0.25, 0.3) is 76.3 Å². The Hall–Kier alpha value is -4.87. The van der Waals surface area contributed by atoms with Gasteiger partial charge in [0.05, 0.1) is 5.56 Å². The van der Waals surface area contributed by atoms with E-state index in [0.29, 0.717) is 17.5 Å². The summed E-state index contributed by atoms with van der Waals surface area (Å²) in [6.07, 6.45) is 0. The number of thiophene rings is 1. The quantitative estimate of drug-likeness (QED) is 0.240. The summed E-state index contributed by atoms with van der Waals surface area (Å²) in [5, 5.41) is 4.65. The molecular formula is C33H19N3OS. The van der Waals surface area contributed by atoms with Crippen LogP contribution in [0.2, 0.25) is 0 Å². The Morgan fingerprint density at radius 2 is 1.16 bits per heavy atom. The number of nitrogens with zero attached hydrogens (tertiary/aromatic N) is 3. The molecule has 0 saturated carbocycles. The van der Waals surface area contributed by atoms with E-state index in [0.717, 1.165) is 38.6 Å². The van der Waals surface area contributed by atoms with E-state index in [1.807, 2.05) is 60.7 Å². The molecule has 3 heterocycles. The molecule has 8 aromatic rings. The van der Waals surface area contributed by atoms with Crippen LogP contribution in [0.1, 0.15) is 0 Å². The van der Waals surface area contributed by atoms with Crippen molar-refractivity contribution < 1.29 is 4.42 Å². The van der Waals surface area contributed by atoms with E-state index in [2.05, 4.69) is 54.6 Å². The minimum absolute atomic E-state index is 0.593. The van der Waals surface area contributed by atoms with Crippen molar-refractivity contribution in [1.82, 2.24) is 15.0 Å². The Kier molecular flexibility index (Phi) is 4.66. The molecule has 0 spiro atoms. The second-order valence-corrected chi connectivity index (χ2v) is 10.3. The zero-order valence-corrected chi connectivity index (χ0v) is 20.9. The molecule has 0 fully saturated rings. The van der Waals surface area contributed by atoms with E-state index < -0.39 is 0 Å². The second-order valence-electron chi connectivity index (χ2n) is 9.26. The molecule has 0 aliphatic carbocycles. The standard InChI is InChI=1S/C33H19N3OS/c1-2-9-20(10-3-1)31-34-32(21-17-18-24-23-12-5-7-16-28(23)38-29(24)19-21)36-33(35-31)26-14-8-13-25-22-11-4-6-15-27(22)37-30(25)26/h1-19H. The van der Waals surface area contributed by atoms with Crippen LogP contribution in [0.4, 0.5) is 0 Å². The van der Waals surface area contributed by atoms with Crippen LogP contribution in [0, 0.1) is 0 Å². The molecule has 0 bridgehead atoms. The number of benzene rings is 5. The fourth-order valence-electron chi connectivity index (χ4n) is 5.13. The molecule has 0 radical (unpaired) electrons. The van der Waals surface area contributed by atoms with E-state index in [1.54, 1.807) is 11.3 Å². The molecule has 0 N–H and O–H groups in total. The minimum atomic E-state index is 0.593. The molecule has 178 valence electrons. The number of furan rings is 1. The monoisotopic (exact) mass is 505 g/mol. The van der Waals surface area contributed by atoms with Gasteiger partial charge in [0.2, 0.25) is 0 Å². The summed E-state index contributed by atoms with van der Waals surface area (Å²) >= 11 is 1.79. The first-order valence-corrected chi connectivity index (χ1v) is 13.3. The van der Waals surface area contributed by atoms with Crippen LogP contribution >= 0.6 is 11.3 Å². The molecular weight excluding hydrogens is 486 g/mol. The highest BCUT2D eigenvalue weighted by atomic mass is 32.1. The summed E-state index contributed by atoms with van der Waals surface area (Å²) in [5.74, 6) is 1.87. The highest BCUT2D eigenvalue weighted by molar-refractivity contribution is 7.25. The van der Waals surface area contributed by atoms with E-state index >= 15 is 0 Å². The normalized spacial score (nSPS) is 11.7. The third-order valence-electron chi connectivity index (χ3n) is 6.95. The lowest BCUT2D eigenvalue weighted by molar-refractivity contribution is 0.669. The molecule has 0 aliphatic rings. The van der Waals surface area contributed by atoms with E-state index in [1.165, 1.54) is 20.2 Å². The Labute approximate surface area is 221 Å². The lowest BCUT2D eigenvalue weighted by Gasteiger charge is -2.09. The largest absolute Gasteiger partial charge is 0.455 e. The van der Waals surface area contributed by atoms with Crippen LogP contribution in [-0.4, -0.2) is 15.0 Å². The molecule has 5 aromatic carbocycles. The summed E-state index contributed by atoms with van der Waals surface area (Å²) in [7, 11) is 0. The summed E-state index contributed by atoms with van der Waals surface area (Å²) in [5.41, 5.74) is 4.38. The molecule has 0 unspecified atom stereocenters. The number of fused-ring (bicyclic) bond motifs is 6. The number of rotatable bonds is 3. The van der Waals surface area contributed by atoms with Crippen LogP contribution in [0.15, 0.2) is 120 Å². The van der Waals surface area contributed by atoms with Crippen LogP contribution in [-0.2, 0) is 0 Å². The minimum Gasteiger partial charge on any atom is -0.455 e. The van der Waals surface area contributed by atoms with Gasteiger partial charge in [-0.15, -0.1) is 11.3 Å². The molecule has 4 nitrogen and oxygen atoms in total. The third kappa shape index (κ3) is 3.33. The van der Waals surface area contributed by atoms with Crippen molar-refractivity contribution in [2.24, 2.45) is 0 Å². The second kappa shape index (κ2) is 8.33. The third-order valence-corrected chi connectivity index (χ3v) is 8.08. The van der Waals surface area contributed by atoms with Gasteiger partial charge in [0.15, 0.2) is 17.5 Å². The smallest absolute Gasteiger partial charge is 0.167 e. The van der Waals surface area contributed by atoms with Crippen LogP contribution in [0.3, 0.4) is 0 Å². The number of hydrogen-bond donors (Lipinski definition) is 0. The van der Waals surface area contributed by atoms with Gasteiger partial charge in [-0.05, 0) is 24.3 Å². The zero-order chi connectivity index (χ0) is 25.1. The van der Waals surface area contributed by atoms with Crippen molar-refractivity contribution in [1.29, 1.82) is 0 Å². The van der Waals surface area contributed by atoms with Crippen molar-refractivity contribution in [2.45, 2.75) is 0 Å². The lowest BCUT2D eigenvalue weighted by atomic mass is 10.1. The molecule has 0 saturated heterocycles. The maximum Gasteiger partial charge on any atom is 0.167 e. The first-order valence-electron chi connectivity index (χ1n) is 12.5. The lowest BCUT2D eigenvalue weighted by Crippen LogP contribution is -2.00. The Bertz CT molecular complexity index is 2140. The van der Waals surface area contributed by atoms with Crippen LogP contribution < -0.4 is 0 Å². The van der Waals surface area contributed by atoms with Crippen molar-refractivity contribution >= 4 is 53.4 Å². The summed E-state index contributed by atoms with van der Waals surface area (Å²) in [4.78, 5) is 14.9. The van der Waals surface area contributed by atoms with Gasteiger partial charge in [-0.3, -0.25) is 0 Å². The molecule has 0 aliphatic heterocycles. The molecule has 5 heteroatoms. The van der Waals surface area contributed by atoms with Gasteiger partial charge in [-0.25, -0.2) is 15.0 Å². The van der Waals surface area contributed by atoms with Gasteiger partial charge < -0.3 is 4.42 Å². The van der Waals surface area contributed by atoms with Gasteiger partial charge in [-0.1, -0.05) is 91.0 Å². The van der Waals surface area contributed by atoms with Gasteiger partial charge in [-0.2, -0.15) is 0 Å². The van der Waals surface area contributed by atoms with Gasteiger partial charge in [0.25, 0.3) is 0 Å². The zero-order valence-electron chi connectivity index (χ0n) is 20.1. The maximum atomic E-state index is 6.32. The Morgan fingerprint density at radius 3 is 2.05 bits per heavy atom. The maximum absolute atomic E-state index is 6.32. The fraction of sp³-hybridized carbons (Fsp3) is 0. The average molecular weight is 506 g/mol. The average Bonchev–Trinajstić information content (AvgIpc) is 3.55. The molecule has 3 aromatic heterocycles. The highest BCUT2D eigenvalue weighted by Crippen LogP contribution is 2.38. The number of hydrogen-bond acceptors (Lipinski definition) is 5. The van der Waals surface area contributed by atoms with Gasteiger partial charge in [0.1, 0.15) is 11.2 Å². The molecule has 8 rings (SSSR count). The van der Waals surface area contributed by atoms with Crippen LogP contribution in [0.5, 0.6) is 0 Å². The number of aromatic nitrogens is 3. The number of para-hydroxylation sites is 2. The first-order chi connectivity index (χ1) is 18.8. The topological polar surface area (TPSA) is 51.8 Å². The Morgan fingerprint density at radius 1 is 0.474 bits per heavy atom. The Balaban J connectivity index is 1.37. The van der Waals surface area contributed by atoms with Gasteiger partial charge in [0, 0.05) is 42.1 Å². The predicted octanol–water partition coefficient (Wildman–Crippen LogP) is 9.14. The SMILES string of the molecule is c1ccc(-c2nc(-c3ccc4c(c3)sc3ccccc34)nc(-c3cccc4c3oc3ccccc34)n2)cc1. The first kappa shape index (κ1) is 21.2. The van der Waals surface area contributed by atoms with E-state index in [9.17, 15) is 0 Å². The van der Waals surface area contributed by atoms with E-state index in [-0.39, 0.29) is 0 Å². The van der Waals surface area contributed by atoms with Crippen molar-refractivity contribution in [3.63, 3.8) is 0 Å². The highest BCUT2D eigenvalue weighted by Gasteiger charge is 2.18. The predicted molar refractivity (Wildman–Crippen MR) is 156 cm³/mol. The van der Waals surface area contributed by atoms with Crippen molar-refractivity contribution in [3.05, 3.63) is 115 Å². The van der Waals surface area contributed by atoms with E-state index in [4.69, 9.17) is 19.4 Å². The summed E-state index contributed by atoms with van der Waals surface area (Å²) in [6, 6.07) is 39.3. The van der Waals surface area contributed by atoms with Crippen molar-refractivity contribution in [3.8, 4) is 34.2 Å². The molecule has 38 heavy (non-hydrogen) atoms. The molecule has 0 amide bonds. The van der Waals surface area contributed by atoms with Gasteiger partial charge >= 0.3 is 0 Å². The fourth-order valence-corrected chi connectivity index (χ4v) is 6.28. The molecule has 0 atom stereocenters. The summed E-state index contributed by atoms with van der Waals surface area (Å²) in [6.45, 7) is 0.